The highest BCUT2D eigenvalue weighted by molar-refractivity contribution is 7.99. The molecule has 1 atom stereocenters. The van der Waals surface area contributed by atoms with Crippen LogP contribution >= 0.6 is 11.8 Å². The summed E-state index contributed by atoms with van der Waals surface area (Å²) in [6.45, 7) is 1.92. The highest BCUT2D eigenvalue weighted by atomic mass is 32.2. The van der Waals surface area contributed by atoms with Crippen molar-refractivity contribution >= 4 is 22.8 Å². The Kier molecular flexibility index (Phi) is 4.38. The number of hydrogen-bond donors (Lipinski definition) is 0. The summed E-state index contributed by atoms with van der Waals surface area (Å²) in [5.74, 6) is -1.70. The number of hydrogen-bond acceptors (Lipinski definition) is 4. The Labute approximate surface area is 152 Å². The largest absolute Gasteiger partial charge is 0.229 e. The molecule has 26 heavy (non-hydrogen) atoms. The Morgan fingerprint density at radius 2 is 1.81 bits per heavy atom. The SMILES string of the molecule is CC(Sc1ncnc2c1cnn2-c1ccccc1)c1ccc(F)c(F)c1. The van der Waals surface area contributed by atoms with Gasteiger partial charge in [0.25, 0.3) is 0 Å². The number of nitrogens with zero attached hydrogens (tertiary/aromatic N) is 4. The van der Waals surface area contributed by atoms with Crippen molar-refractivity contribution in [3.8, 4) is 5.69 Å². The molecule has 0 saturated heterocycles. The van der Waals surface area contributed by atoms with Crippen LogP contribution in [0.5, 0.6) is 0 Å². The van der Waals surface area contributed by atoms with Crippen molar-refractivity contribution in [3.05, 3.63) is 78.3 Å². The van der Waals surface area contributed by atoms with Crippen LogP contribution in [0.4, 0.5) is 8.78 Å². The van der Waals surface area contributed by atoms with E-state index >= 15 is 0 Å². The molecule has 7 heteroatoms. The minimum atomic E-state index is -0.848. The van der Waals surface area contributed by atoms with Crippen molar-refractivity contribution < 1.29 is 8.78 Å². The fraction of sp³-hybridized carbons (Fsp3) is 0.105. The van der Waals surface area contributed by atoms with Crippen molar-refractivity contribution in [2.75, 3.05) is 0 Å². The number of aromatic nitrogens is 4. The lowest BCUT2D eigenvalue weighted by Crippen LogP contribution is -1.98. The Morgan fingerprint density at radius 3 is 2.58 bits per heavy atom. The molecule has 2 aromatic heterocycles. The van der Waals surface area contributed by atoms with Crippen molar-refractivity contribution in [2.45, 2.75) is 17.2 Å². The second kappa shape index (κ2) is 6.84. The monoisotopic (exact) mass is 368 g/mol. The van der Waals surface area contributed by atoms with E-state index in [9.17, 15) is 8.78 Å². The first-order valence-electron chi connectivity index (χ1n) is 7.99. The highest BCUT2D eigenvalue weighted by Crippen LogP contribution is 2.37. The minimum Gasteiger partial charge on any atom is -0.229 e. The number of para-hydroxylation sites is 1. The van der Waals surface area contributed by atoms with Gasteiger partial charge < -0.3 is 0 Å². The zero-order valence-electron chi connectivity index (χ0n) is 13.8. The molecule has 0 radical (unpaired) electrons. The van der Waals surface area contributed by atoms with Crippen LogP contribution in [-0.4, -0.2) is 19.7 Å². The molecular formula is C19H14F2N4S. The van der Waals surface area contributed by atoms with E-state index < -0.39 is 11.6 Å². The summed E-state index contributed by atoms with van der Waals surface area (Å²) >= 11 is 1.46. The fourth-order valence-electron chi connectivity index (χ4n) is 2.68. The Hall–Kier alpha value is -2.80. The maximum atomic E-state index is 13.5. The molecule has 0 spiro atoms. The van der Waals surface area contributed by atoms with Crippen molar-refractivity contribution in [2.24, 2.45) is 0 Å². The van der Waals surface area contributed by atoms with Gasteiger partial charge in [-0.05, 0) is 36.8 Å². The molecule has 0 bridgehead atoms. The Balaban J connectivity index is 1.69. The van der Waals surface area contributed by atoms with Gasteiger partial charge in [-0.3, -0.25) is 0 Å². The van der Waals surface area contributed by atoms with Gasteiger partial charge in [0, 0.05) is 5.25 Å². The average Bonchev–Trinajstić information content (AvgIpc) is 3.10. The average molecular weight is 368 g/mol. The predicted octanol–water partition coefficient (Wildman–Crippen LogP) is 4.95. The van der Waals surface area contributed by atoms with E-state index in [1.54, 1.807) is 16.9 Å². The molecule has 0 aliphatic carbocycles. The lowest BCUT2D eigenvalue weighted by atomic mass is 10.1. The summed E-state index contributed by atoms with van der Waals surface area (Å²) in [4.78, 5) is 8.70. The Morgan fingerprint density at radius 1 is 1.00 bits per heavy atom. The molecule has 0 aliphatic heterocycles. The first-order chi connectivity index (χ1) is 12.6. The van der Waals surface area contributed by atoms with Crippen molar-refractivity contribution in [3.63, 3.8) is 0 Å². The summed E-state index contributed by atoms with van der Waals surface area (Å²) < 4.78 is 28.4. The number of rotatable bonds is 4. The zero-order valence-corrected chi connectivity index (χ0v) is 14.6. The van der Waals surface area contributed by atoms with E-state index in [2.05, 4.69) is 15.1 Å². The summed E-state index contributed by atoms with van der Waals surface area (Å²) in [7, 11) is 0. The maximum absolute atomic E-state index is 13.5. The van der Waals surface area contributed by atoms with Crippen LogP contribution in [-0.2, 0) is 0 Å². The van der Waals surface area contributed by atoms with Gasteiger partial charge in [-0.25, -0.2) is 23.4 Å². The second-order valence-electron chi connectivity index (χ2n) is 5.74. The van der Waals surface area contributed by atoms with Gasteiger partial charge in [-0.2, -0.15) is 5.10 Å². The number of halogens is 2. The van der Waals surface area contributed by atoms with Crippen LogP contribution in [0.1, 0.15) is 17.7 Å². The fourth-order valence-corrected chi connectivity index (χ4v) is 3.67. The van der Waals surface area contributed by atoms with Gasteiger partial charge in [0.15, 0.2) is 17.3 Å². The molecular weight excluding hydrogens is 354 g/mol. The third-order valence-corrected chi connectivity index (χ3v) is 5.21. The van der Waals surface area contributed by atoms with Crippen LogP contribution in [0.3, 0.4) is 0 Å². The van der Waals surface area contributed by atoms with Gasteiger partial charge in [0.05, 0.1) is 17.3 Å². The van der Waals surface area contributed by atoms with Crippen LogP contribution in [0.25, 0.3) is 16.7 Å². The molecule has 0 N–H and O–H groups in total. The normalized spacial score (nSPS) is 12.4. The maximum Gasteiger partial charge on any atom is 0.167 e. The standard InChI is InChI=1S/C19H14F2N4S/c1-12(13-7-8-16(20)17(21)9-13)26-19-15-10-24-25(18(15)22-11-23-19)14-5-3-2-4-6-14/h2-12H,1H3. The van der Waals surface area contributed by atoms with E-state index in [1.165, 1.54) is 24.2 Å². The van der Waals surface area contributed by atoms with Crippen molar-refractivity contribution in [1.82, 2.24) is 19.7 Å². The quantitative estimate of drug-likeness (QED) is 0.378. The van der Waals surface area contributed by atoms with E-state index in [1.807, 2.05) is 37.3 Å². The highest BCUT2D eigenvalue weighted by Gasteiger charge is 2.16. The third kappa shape index (κ3) is 3.06. The summed E-state index contributed by atoms with van der Waals surface area (Å²) in [6.07, 6.45) is 3.21. The molecule has 130 valence electrons. The summed E-state index contributed by atoms with van der Waals surface area (Å²) in [5.41, 5.74) is 2.30. The van der Waals surface area contributed by atoms with Gasteiger partial charge in [0.2, 0.25) is 0 Å². The molecule has 4 aromatic rings. The van der Waals surface area contributed by atoms with Crippen LogP contribution in [0.2, 0.25) is 0 Å². The third-order valence-electron chi connectivity index (χ3n) is 4.03. The second-order valence-corrected chi connectivity index (χ2v) is 7.07. The minimum absolute atomic E-state index is 0.108. The Bertz CT molecular complexity index is 1070. The van der Waals surface area contributed by atoms with Crippen molar-refractivity contribution in [1.29, 1.82) is 0 Å². The van der Waals surface area contributed by atoms with E-state index in [-0.39, 0.29) is 5.25 Å². The lowest BCUT2D eigenvalue weighted by Gasteiger charge is -2.12. The molecule has 2 heterocycles. The molecule has 4 nitrogen and oxygen atoms in total. The number of fused-ring (bicyclic) bond motifs is 1. The van der Waals surface area contributed by atoms with E-state index in [4.69, 9.17) is 0 Å². The van der Waals surface area contributed by atoms with Gasteiger partial charge >= 0.3 is 0 Å². The molecule has 2 aromatic carbocycles. The van der Waals surface area contributed by atoms with E-state index in [0.717, 1.165) is 22.2 Å². The number of benzene rings is 2. The summed E-state index contributed by atoms with van der Waals surface area (Å²) in [5, 5.41) is 5.88. The first kappa shape index (κ1) is 16.7. The molecule has 0 saturated carbocycles. The van der Waals surface area contributed by atoms with Gasteiger partial charge in [-0.1, -0.05) is 36.0 Å². The molecule has 1 unspecified atom stereocenters. The molecule has 4 rings (SSSR count). The first-order valence-corrected chi connectivity index (χ1v) is 8.87. The van der Waals surface area contributed by atoms with Crippen LogP contribution in [0.15, 0.2) is 66.1 Å². The zero-order chi connectivity index (χ0) is 18.1. The molecule has 0 amide bonds. The van der Waals surface area contributed by atoms with Crippen LogP contribution in [0, 0.1) is 11.6 Å². The van der Waals surface area contributed by atoms with Crippen LogP contribution < -0.4 is 0 Å². The van der Waals surface area contributed by atoms with Gasteiger partial charge in [0.1, 0.15) is 11.4 Å². The molecule has 0 aliphatic rings. The van der Waals surface area contributed by atoms with Gasteiger partial charge in [-0.15, -0.1) is 0 Å². The topological polar surface area (TPSA) is 43.6 Å². The summed E-state index contributed by atoms with van der Waals surface area (Å²) in [6, 6.07) is 13.7. The predicted molar refractivity (Wildman–Crippen MR) is 97.3 cm³/mol. The van der Waals surface area contributed by atoms with E-state index in [0.29, 0.717) is 11.2 Å². The number of thioether (sulfide) groups is 1. The lowest BCUT2D eigenvalue weighted by molar-refractivity contribution is 0.507. The smallest absolute Gasteiger partial charge is 0.167 e. The molecule has 0 fully saturated rings.